The Balaban J connectivity index is 1.47. The summed E-state index contributed by atoms with van der Waals surface area (Å²) in [5, 5.41) is 126. The first kappa shape index (κ1) is 34.5. The summed E-state index contributed by atoms with van der Waals surface area (Å²) in [7, 11) is 0. The van der Waals surface area contributed by atoms with Gasteiger partial charge in [0.25, 0.3) is 0 Å². The molecule has 20 heteroatoms. The van der Waals surface area contributed by atoms with Crippen LogP contribution in [0, 0.1) is 0 Å². The highest BCUT2D eigenvalue weighted by Crippen LogP contribution is 2.33. The van der Waals surface area contributed by atoms with Crippen molar-refractivity contribution in [1.82, 2.24) is 0 Å². The van der Waals surface area contributed by atoms with E-state index in [1.54, 1.807) is 0 Å². The molecule has 5 heterocycles. The number of aliphatic hydroxyl groups is 12. The van der Waals surface area contributed by atoms with Crippen molar-refractivity contribution >= 4 is 0 Å². The summed E-state index contributed by atoms with van der Waals surface area (Å²) in [4.78, 5) is 0. The van der Waals surface area contributed by atoms with Gasteiger partial charge in [0.1, 0.15) is 97.7 Å². The molecular weight excluding hydrogens is 608 g/mol. The van der Waals surface area contributed by atoms with Crippen LogP contribution in [0.1, 0.15) is 0 Å². The molecule has 0 amide bonds. The summed E-state index contributed by atoms with van der Waals surface area (Å²) in [5.74, 6) is 0. The molecule has 8 bridgehead atoms. The third kappa shape index (κ3) is 6.50. The molecule has 0 aromatic rings. The summed E-state index contributed by atoms with van der Waals surface area (Å²) in [6, 6.07) is 0. The van der Waals surface area contributed by atoms with Gasteiger partial charge < -0.3 is 99.2 Å². The maximum atomic E-state index is 11.0. The lowest BCUT2D eigenvalue weighted by atomic mass is 9.96. The van der Waals surface area contributed by atoms with Crippen LogP contribution >= 0.6 is 0 Å². The molecule has 0 spiro atoms. The van der Waals surface area contributed by atoms with E-state index in [0.29, 0.717) is 0 Å². The molecule has 5 saturated heterocycles. The second-order valence-corrected chi connectivity index (χ2v) is 11.3. The van der Waals surface area contributed by atoms with E-state index in [1.807, 2.05) is 0 Å². The van der Waals surface area contributed by atoms with E-state index in [9.17, 15) is 61.3 Å². The Bertz CT molecular complexity index is 860. The SMILES string of the molecule is OCC1OC2OCC3O[C@@H](O[C@H]4C(O)C(OCC5O[C@@H](O[C@@H](C2O)[C@@H]1O)C(O)[C@@H](O)[C@H]5O)OC(CO)[C@H]4O)C(O)[C@@H](O)[C@H]3O. The Morgan fingerprint density at radius 3 is 1.07 bits per heavy atom. The Morgan fingerprint density at radius 2 is 0.727 bits per heavy atom. The Kier molecular flexibility index (Phi) is 11.1. The quantitative estimate of drug-likeness (QED) is 0.132. The lowest BCUT2D eigenvalue weighted by molar-refractivity contribution is -0.383. The van der Waals surface area contributed by atoms with Gasteiger partial charge >= 0.3 is 0 Å². The van der Waals surface area contributed by atoms with Crippen molar-refractivity contribution in [1.29, 1.82) is 0 Å². The number of hydrogen-bond acceptors (Lipinski definition) is 20. The van der Waals surface area contributed by atoms with Crippen LogP contribution in [0.5, 0.6) is 0 Å². The minimum absolute atomic E-state index is 0.674. The summed E-state index contributed by atoms with van der Waals surface area (Å²) in [5.41, 5.74) is 0. The first-order chi connectivity index (χ1) is 20.9. The number of rotatable bonds is 2. The second-order valence-electron chi connectivity index (χ2n) is 11.3. The number of ether oxygens (including phenoxy) is 8. The van der Waals surface area contributed by atoms with E-state index in [0.717, 1.165) is 0 Å². The third-order valence-electron chi connectivity index (χ3n) is 8.41. The van der Waals surface area contributed by atoms with E-state index in [1.165, 1.54) is 0 Å². The minimum atomic E-state index is -1.93. The van der Waals surface area contributed by atoms with E-state index >= 15 is 0 Å². The average Bonchev–Trinajstić information content (AvgIpc) is 3.01. The lowest BCUT2D eigenvalue weighted by Gasteiger charge is -2.48. The summed E-state index contributed by atoms with van der Waals surface area (Å²) >= 11 is 0. The van der Waals surface area contributed by atoms with Gasteiger partial charge in [-0.25, -0.2) is 0 Å². The molecule has 5 aliphatic heterocycles. The fraction of sp³-hybridized carbons (Fsp3) is 1.00. The van der Waals surface area contributed by atoms with Gasteiger partial charge in [-0.3, -0.25) is 0 Å². The number of fused-ring (bicyclic) bond motifs is 8. The van der Waals surface area contributed by atoms with Gasteiger partial charge in [0, 0.05) is 0 Å². The molecule has 10 unspecified atom stereocenters. The fourth-order valence-corrected chi connectivity index (χ4v) is 5.73. The molecule has 0 aliphatic carbocycles. The van der Waals surface area contributed by atoms with Crippen molar-refractivity contribution in [3.8, 4) is 0 Å². The molecule has 256 valence electrons. The van der Waals surface area contributed by atoms with Crippen LogP contribution in [0.4, 0.5) is 0 Å². The van der Waals surface area contributed by atoms with Crippen LogP contribution in [-0.4, -0.2) is 211 Å². The Labute approximate surface area is 249 Å². The molecule has 5 rings (SSSR count). The second kappa shape index (κ2) is 14.1. The summed E-state index contributed by atoms with van der Waals surface area (Å²) in [6.45, 7) is -2.95. The fourth-order valence-electron chi connectivity index (χ4n) is 5.73. The zero-order chi connectivity index (χ0) is 32.0. The van der Waals surface area contributed by atoms with E-state index in [4.69, 9.17) is 37.9 Å². The zero-order valence-electron chi connectivity index (χ0n) is 23.0. The Hall–Kier alpha value is -0.800. The van der Waals surface area contributed by atoms with Crippen molar-refractivity contribution in [2.45, 2.75) is 123 Å². The van der Waals surface area contributed by atoms with Gasteiger partial charge in [-0.2, -0.15) is 0 Å². The molecule has 0 saturated carbocycles. The normalized spacial score (nSPS) is 55.9. The summed E-state index contributed by atoms with van der Waals surface area (Å²) in [6.07, 6.45) is -34.8. The van der Waals surface area contributed by atoms with Crippen LogP contribution in [0.25, 0.3) is 0 Å². The van der Waals surface area contributed by atoms with Crippen LogP contribution in [-0.2, 0) is 37.9 Å². The highest BCUT2D eigenvalue weighted by molar-refractivity contribution is 4.97. The third-order valence-corrected chi connectivity index (χ3v) is 8.41. The maximum absolute atomic E-state index is 11.0. The molecule has 12 N–H and O–H groups in total. The predicted octanol–water partition coefficient (Wildman–Crippen LogP) is -8.70. The molecule has 0 aromatic heterocycles. The molecule has 5 aliphatic rings. The van der Waals surface area contributed by atoms with Crippen LogP contribution in [0.3, 0.4) is 0 Å². The van der Waals surface area contributed by atoms with Gasteiger partial charge in [0.2, 0.25) is 0 Å². The van der Waals surface area contributed by atoms with Crippen molar-refractivity contribution < 1.29 is 99.2 Å². The van der Waals surface area contributed by atoms with Gasteiger partial charge in [-0.15, -0.1) is 0 Å². The van der Waals surface area contributed by atoms with Crippen molar-refractivity contribution in [3.63, 3.8) is 0 Å². The maximum Gasteiger partial charge on any atom is 0.187 e. The van der Waals surface area contributed by atoms with Gasteiger partial charge in [-0.05, 0) is 0 Å². The lowest BCUT2D eigenvalue weighted by Crippen LogP contribution is -2.67. The molecule has 5 fully saturated rings. The standard InChI is InChI=1S/C24H40O20/c25-1-5-11(29)19-17(35)21(39-5)37-3-7-9(27)14(32)16(34)24(42-7)44-20-12(30)6(2-26)40-22(18(20)36)38-4-8-10(28)13(31)15(33)23(41-8)43-19/h5-36H,1-4H2/t5?,6?,7?,8?,9-,10-,11+,12+,13-,14-,15?,16?,17?,18?,19+,20+,21?,22?,23-,24-/m0/s1. The predicted molar refractivity (Wildman–Crippen MR) is 131 cm³/mol. The van der Waals surface area contributed by atoms with Crippen LogP contribution < -0.4 is 0 Å². The van der Waals surface area contributed by atoms with Crippen molar-refractivity contribution in [2.75, 3.05) is 26.4 Å². The highest BCUT2D eigenvalue weighted by atomic mass is 16.8. The molecule has 0 aromatic carbocycles. The van der Waals surface area contributed by atoms with E-state index in [2.05, 4.69) is 0 Å². The monoisotopic (exact) mass is 648 g/mol. The smallest absolute Gasteiger partial charge is 0.187 e. The highest BCUT2D eigenvalue weighted by Gasteiger charge is 2.54. The minimum Gasteiger partial charge on any atom is -0.394 e. The van der Waals surface area contributed by atoms with Gasteiger partial charge in [-0.1, -0.05) is 0 Å². The topological polar surface area (TPSA) is 317 Å². The molecule has 44 heavy (non-hydrogen) atoms. The first-order valence-corrected chi connectivity index (χ1v) is 14.1. The number of aliphatic hydroxyl groups excluding tert-OH is 12. The molecule has 20 nitrogen and oxygen atoms in total. The Morgan fingerprint density at radius 1 is 0.364 bits per heavy atom. The molecule has 20 atom stereocenters. The van der Waals surface area contributed by atoms with Gasteiger partial charge in [0.05, 0.1) is 26.4 Å². The van der Waals surface area contributed by atoms with Gasteiger partial charge in [0.15, 0.2) is 25.2 Å². The van der Waals surface area contributed by atoms with Crippen LogP contribution in [0.2, 0.25) is 0 Å². The van der Waals surface area contributed by atoms with Crippen LogP contribution in [0.15, 0.2) is 0 Å². The molecular formula is C24H40O20. The molecule has 0 radical (unpaired) electrons. The first-order valence-electron chi connectivity index (χ1n) is 14.1. The summed E-state index contributed by atoms with van der Waals surface area (Å²) < 4.78 is 44.3. The van der Waals surface area contributed by atoms with Crippen molar-refractivity contribution in [2.24, 2.45) is 0 Å². The average molecular weight is 649 g/mol. The van der Waals surface area contributed by atoms with E-state index < -0.39 is 149 Å². The number of hydrogen-bond donors (Lipinski definition) is 12. The zero-order valence-corrected chi connectivity index (χ0v) is 23.0. The van der Waals surface area contributed by atoms with Crippen molar-refractivity contribution in [3.05, 3.63) is 0 Å². The van der Waals surface area contributed by atoms with E-state index in [-0.39, 0.29) is 0 Å². The largest absolute Gasteiger partial charge is 0.394 e.